The van der Waals surface area contributed by atoms with Crippen LogP contribution in [0.3, 0.4) is 0 Å². The minimum atomic E-state index is 0. The molecular weight excluding hydrogens is 1080 g/mol. The smallest absolute Gasteiger partial charge is 2.00 e. The Morgan fingerprint density at radius 2 is 0.452 bits per heavy atom. The first-order chi connectivity index (χ1) is 9.83. The molecule has 0 unspecified atom stereocenters. The van der Waals surface area contributed by atoms with Crippen molar-refractivity contribution in [2.24, 2.45) is 22.9 Å². The second kappa shape index (κ2) is 148. The Morgan fingerprint density at radius 3 is 0.516 bits per heavy atom. The van der Waals surface area contributed by atoms with E-state index in [1.54, 1.807) is 37.5 Å². The maximum atomic E-state index is 5.28. The van der Waals surface area contributed by atoms with Gasteiger partial charge in [-0.25, -0.2) is 0 Å². The summed E-state index contributed by atoms with van der Waals surface area (Å²) in [6.45, 7) is 3.30. The molecule has 220 valence electrons. The van der Waals surface area contributed by atoms with Crippen LogP contribution in [0.5, 0.6) is 0 Å². The van der Waals surface area contributed by atoms with Crippen LogP contribution in [0.4, 0.5) is 0 Å². The average Bonchev–Trinajstić information content (AvgIpc) is 2.53. The predicted molar refractivity (Wildman–Crippen MR) is 115 cm³/mol. The molecule has 0 aromatic rings. The summed E-state index contributed by atoms with van der Waals surface area (Å²) < 4.78 is 0. The summed E-state index contributed by atoms with van der Waals surface area (Å²) in [5, 5.41) is 0. The minimum Gasteiger partial charge on any atom is 2.00 e. The molecule has 0 heterocycles. The summed E-state index contributed by atoms with van der Waals surface area (Å²) in [6, 6.07) is 0. The van der Waals surface area contributed by atoms with E-state index in [1.807, 2.05) is 0 Å². The first-order valence-corrected chi connectivity index (χ1v) is 12.5. The van der Waals surface area contributed by atoms with Gasteiger partial charge in [-0.15, -0.1) is 0 Å². The SMILES string of the molecule is N.N.N.N.N.N.NCCCCCCN.NCCCCCCN.[Cl-].[Cl-].[Cl-].[Cl-].[Cl][Pt+].[Cl][Pt+].[Pt+2]. The summed E-state index contributed by atoms with van der Waals surface area (Å²) in [4.78, 5) is 0. The monoisotopic (exact) mass is 1130 g/mol. The van der Waals surface area contributed by atoms with E-state index in [0.29, 0.717) is 0 Å². The van der Waals surface area contributed by atoms with Gasteiger partial charge in [0.25, 0.3) is 0 Å². The Labute approximate surface area is 261 Å². The van der Waals surface area contributed by atoms with Crippen LogP contribution in [0.25, 0.3) is 0 Å². The van der Waals surface area contributed by atoms with Gasteiger partial charge in [0.15, 0.2) is 0 Å². The predicted octanol–water partition coefficient (Wildman–Crippen LogP) is -8.71. The second-order valence-electron chi connectivity index (χ2n) is 3.98. The third-order valence-electron chi connectivity index (χ3n) is 2.32. The number of hydrogen-bond acceptors (Lipinski definition) is 10. The van der Waals surface area contributed by atoms with Crippen LogP contribution in [0, 0.1) is 0 Å². The summed E-state index contributed by atoms with van der Waals surface area (Å²) in [5.41, 5.74) is 21.1. The van der Waals surface area contributed by atoms with Gasteiger partial charge in [0.1, 0.15) is 0 Å². The summed E-state index contributed by atoms with van der Waals surface area (Å²) >= 11 is 3.22. The molecular formula is C12H50Cl6N10Pt3. The maximum Gasteiger partial charge on any atom is 2.00 e. The van der Waals surface area contributed by atoms with Gasteiger partial charge in [-0.3, -0.25) is 0 Å². The molecule has 0 spiro atoms. The largest absolute Gasteiger partial charge is 2.00 e. The van der Waals surface area contributed by atoms with Gasteiger partial charge in [0, 0.05) is 0 Å². The standard InChI is InChI=1S/2C6H16N2.6ClH.6H3N.3Pt/c2*7-5-3-1-2-4-6-8;;;;;;;;;;;;;;;/h2*1-8H2;6*1H;6*1H3;;;/q;;;;;;;;;;;;;;3*+2/p-6. The molecule has 26 N–H and O–H groups in total. The van der Waals surface area contributed by atoms with E-state index in [-0.39, 0.29) is 108 Å². The van der Waals surface area contributed by atoms with Crippen LogP contribution in [-0.2, 0) is 58.6 Å². The molecule has 10 nitrogen and oxygen atoms in total. The molecule has 0 aromatic carbocycles. The molecule has 0 bridgehead atoms. The first kappa shape index (κ1) is 102. The molecule has 0 aliphatic carbocycles. The minimum absolute atomic E-state index is 0. The third kappa shape index (κ3) is 183. The van der Waals surface area contributed by atoms with Crippen molar-refractivity contribution >= 4 is 18.8 Å². The molecule has 0 fully saturated rings. The molecule has 0 aliphatic rings. The Kier molecular flexibility index (Phi) is 486. The van der Waals surface area contributed by atoms with Crippen molar-refractivity contribution in [2.45, 2.75) is 51.4 Å². The average molecular weight is 1130 g/mol. The van der Waals surface area contributed by atoms with Crippen molar-refractivity contribution in [1.82, 2.24) is 36.9 Å². The third-order valence-corrected chi connectivity index (χ3v) is 2.32. The van der Waals surface area contributed by atoms with Crippen LogP contribution in [0.2, 0.25) is 0 Å². The van der Waals surface area contributed by atoms with Crippen LogP contribution < -0.4 is 109 Å². The number of hydrogen-bond donors (Lipinski definition) is 10. The molecule has 0 radical (unpaired) electrons. The van der Waals surface area contributed by atoms with Crippen molar-refractivity contribution in [2.75, 3.05) is 26.2 Å². The van der Waals surface area contributed by atoms with Gasteiger partial charge >= 0.3 is 77.4 Å². The van der Waals surface area contributed by atoms with E-state index in [9.17, 15) is 0 Å². The fraction of sp³-hybridized carbons (Fsp3) is 1.00. The van der Waals surface area contributed by atoms with Crippen molar-refractivity contribution < 1.29 is 108 Å². The second-order valence-corrected chi connectivity index (χ2v) is 3.98. The van der Waals surface area contributed by atoms with E-state index in [1.165, 1.54) is 25.7 Å². The Bertz CT molecular complexity index is 119. The van der Waals surface area contributed by atoms with Crippen molar-refractivity contribution in [1.29, 1.82) is 0 Å². The quantitative estimate of drug-likeness (QED) is 0.0922. The number of nitrogens with two attached hydrogens (primary N) is 4. The molecule has 0 aromatic heterocycles. The topological polar surface area (TPSA) is 314 Å². The maximum absolute atomic E-state index is 5.28. The van der Waals surface area contributed by atoms with Gasteiger partial charge in [0.2, 0.25) is 0 Å². The fourth-order valence-corrected chi connectivity index (χ4v) is 1.28. The molecule has 0 rings (SSSR count). The van der Waals surface area contributed by atoms with Crippen molar-refractivity contribution in [3.63, 3.8) is 0 Å². The zero-order valence-corrected chi connectivity index (χ0v) is 29.6. The normalized spacial score (nSPS) is 5.48. The van der Waals surface area contributed by atoms with E-state index >= 15 is 0 Å². The van der Waals surface area contributed by atoms with Gasteiger partial charge < -0.3 is 109 Å². The van der Waals surface area contributed by atoms with Crippen molar-refractivity contribution in [3.8, 4) is 0 Å². The van der Waals surface area contributed by atoms with Crippen LogP contribution >= 0.6 is 18.8 Å². The molecule has 19 heteroatoms. The van der Waals surface area contributed by atoms with Crippen LogP contribution in [0.15, 0.2) is 0 Å². The van der Waals surface area contributed by atoms with E-state index < -0.39 is 0 Å². The van der Waals surface area contributed by atoms with Crippen molar-refractivity contribution in [3.05, 3.63) is 0 Å². The summed E-state index contributed by atoms with van der Waals surface area (Å²) in [7, 11) is 9.22. The first-order valence-electron chi connectivity index (χ1n) is 6.87. The Morgan fingerprint density at radius 1 is 0.355 bits per heavy atom. The number of unbranched alkanes of at least 4 members (excludes halogenated alkanes) is 6. The molecule has 0 atom stereocenters. The number of rotatable bonds is 10. The zero-order valence-electron chi connectivity index (χ0n) is 18.3. The van der Waals surface area contributed by atoms with E-state index in [0.717, 1.165) is 51.9 Å². The van der Waals surface area contributed by atoms with Crippen LogP contribution in [-0.4, -0.2) is 26.2 Å². The molecule has 0 aliphatic heterocycles. The summed E-state index contributed by atoms with van der Waals surface area (Å²) in [5.74, 6) is 0. The fourth-order valence-electron chi connectivity index (χ4n) is 1.28. The Hall–Kier alpha value is 3.40. The van der Waals surface area contributed by atoms with Crippen LogP contribution in [0.1, 0.15) is 51.4 Å². The van der Waals surface area contributed by atoms with E-state index in [2.05, 4.69) is 18.8 Å². The molecule has 0 saturated heterocycles. The van der Waals surface area contributed by atoms with E-state index in [4.69, 9.17) is 22.9 Å². The molecule has 0 saturated carbocycles. The number of halogens is 6. The van der Waals surface area contributed by atoms with Gasteiger partial charge in [0.05, 0.1) is 0 Å². The van der Waals surface area contributed by atoms with Gasteiger partial charge in [-0.2, -0.15) is 0 Å². The van der Waals surface area contributed by atoms with Gasteiger partial charge in [-0.1, -0.05) is 25.7 Å². The van der Waals surface area contributed by atoms with Gasteiger partial charge in [-0.05, 0) is 51.9 Å². The Balaban J connectivity index is -0.00000000834. The molecule has 31 heavy (non-hydrogen) atoms. The summed E-state index contributed by atoms with van der Waals surface area (Å²) in [6.07, 6.45) is 9.59. The molecule has 0 amide bonds. The zero-order chi connectivity index (χ0) is 16.5.